The Morgan fingerprint density at radius 3 is 2.40 bits per heavy atom. The number of imidazole rings is 1. The second-order valence-corrected chi connectivity index (χ2v) is 7.65. The van der Waals surface area contributed by atoms with E-state index < -0.39 is 43.4 Å². The van der Waals surface area contributed by atoms with Gasteiger partial charge in [0.1, 0.15) is 11.5 Å². The second kappa shape index (κ2) is 11.8. The smallest absolute Gasteiger partial charge is 0.389 e. The molecule has 0 aliphatic carbocycles. The number of alkyl halides is 6. The molecule has 0 spiro atoms. The first-order chi connectivity index (χ1) is 16.2. The van der Waals surface area contributed by atoms with E-state index in [1.165, 1.54) is 0 Å². The van der Waals surface area contributed by atoms with E-state index in [-0.39, 0.29) is 31.8 Å². The molecule has 7 N–H and O–H groups in total. The van der Waals surface area contributed by atoms with Crippen molar-refractivity contribution in [2.75, 3.05) is 6.54 Å². The number of H-pyrrole nitrogens is 1. The predicted octanol–water partition coefficient (Wildman–Crippen LogP) is 2.46. The number of fused-ring (bicyclic) bond motifs is 1. The number of carbonyl (C=O) groups excluding carboxylic acids is 2. The van der Waals surface area contributed by atoms with Crippen LogP contribution in [0.2, 0.25) is 0 Å². The molecule has 35 heavy (non-hydrogen) atoms. The van der Waals surface area contributed by atoms with Gasteiger partial charge in [-0.1, -0.05) is 6.07 Å². The average Bonchev–Trinajstić information content (AvgIpc) is 3.15. The van der Waals surface area contributed by atoms with Crippen LogP contribution in [0.1, 0.15) is 37.1 Å². The number of carbonyl (C=O) groups is 2. The number of nitrogens with two attached hydrogens (primary N) is 2. The Labute approximate surface area is 195 Å². The zero-order chi connectivity index (χ0) is 26.2. The lowest BCUT2D eigenvalue weighted by Gasteiger charge is -2.15. The molecule has 0 aliphatic heterocycles. The molecule has 2 amide bonds. The number of nitrogens with zero attached hydrogens (tertiary/aromatic N) is 2. The summed E-state index contributed by atoms with van der Waals surface area (Å²) in [5, 5.41) is 5.79. The minimum Gasteiger partial charge on any atom is -0.393 e. The first kappa shape index (κ1) is 27.8. The summed E-state index contributed by atoms with van der Waals surface area (Å²) < 4.78 is 73.0. The molecule has 1 aromatic carbocycles. The van der Waals surface area contributed by atoms with E-state index in [2.05, 4.69) is 20.6 Å². The van der Waals surface area contributed by atoms with Gasteiger partial charge in [-0.2, -0.15) is 26.3 Å². The van der Waals surface area contributed by atoms with Crippen molar-refractivity contribution in [3.63, 3.8) is 0 Å². The standard InChI is InChI=1S/C20H25F6N7O2/c21-19(22,23)5-1-7-33(28)11-13(27)18(35)30-10-16-31-14-3-2-12(8-15(14)32-16)9-29-17(34)4-6-20(24,25)26/h2-3,8,11H,1,4-7,9-10,27-28H2,(H,29,34)(H,30,35)(H,31,32)/b13-11-. The summed E-state index contributed by atoms with van der Waals surface area (Å²) in [6.07, 6.45) is -10.8. The topological polar surface area (TPSA) is 142 Å². The van der Waals surface area contributed by atoms with Gasteiger partial charge in [0.15, 0.2) is 0 Å². The lowest BCUT2D eigenvalue weighted by atomic mass is 10.2. The van der Waals surface area contributed by atoms with Gasteiger partial charge >= 0.3 is 12.4 Å². The van der Waals surface area contributed by atoms with Gasteiger partial charge in [0, 0.05) is 32.1 Å². The third kappa shape index (κ3) is 10.5. The largest absolute Gasteiger partial charge is 0.393 e. The van der Waals surface area contributed by atoms with Crippen LogP contribution in [-0.4, -0.2) is 45.7 Å². The summed E-state index contributed by atoms with van der Waals surface area (Å²) in [7, 11) is 0. The zero-order valence-corrected chi connectivity index (χ0v) is 18.4. The van der Waals surface area contributed by atoms with Crippen molar-refractivity contribution in [1.82, 2.24) is 25.6 Å². The highest BCUT2D eigenvalue weighted by Crippen LogP contribution is 2.22. The van der Waals surface area contributed by atoms with Crippen LogP contribution in [-0.2, 0) is 22.7 Å². The summed E-state index contributed by atoms with van der Waals surface area (Å²) in [6.45, 7) is -0.177. The van der Waals surface area contributed by atoms with Crippen LogP contribution < -0.4 is 22.2 Å². The molecule has 1 heterocycles. The number of hydrogen-bond donors (Lipinski definition) is 5. The zero-order valence-electron chi connectivity index (χ0n) is 18.4. The molecule has 2 rings (SSSR count). The fourth-order valence-electron chi connectivity index (χ4n) is 2.88. The normalized spacial score (nSPS) is 12.6. The van der Waals surface area contributed by atoms with E-state index in [0.29, 0.717) is 22.4 Å². The van der Waals surface area contributed by atoms with Crippen LogP contribution >= 0.6 is 0 Å². The van der Waals surface area contributed by atoms with E-state index in [4.69, 9.17) is 11.6 Å². The van der Waals surface area contributed by atoms with Crippen LogP contribution in [0.25, 0.3) is 11.0 Å². The van der Waals surface area contributed by atoms with E-state index in [9.17, 15) is 35.9 Å². The number of hydrogen-bond acceptors (Lipinski definition) is 6. The molecule has 0 fully saturated rings. The molecule has 0 aliphatic rings. The van der Waals surface area contributed by atoms with Crippen LogP contribution in [0, 0.1) is 0 Å². The molecule has 0 atom stereocenters. The van der Waals surface area contributed by atoms with E-state index in [0.717, 1.165) is 11.2 Å². The molecule has 0 bridgehead atoms. The number of hydrazine groups is 1. The SMILES string of the molecule is N/C(=C\N(N)CCCC(F)(F)F)C(=O)NCc1nc2ccc(CNC(=O)CCC(F)(F)F)cc2[nH]1. The highest BCUT2D eigenvalue weighted by atomic mass is 19.4. The Bertz CT molecular complexity index is 1050. The quantitative estimate of drug-likeness (QED) is 0.136. The molecule has 15 heteroatoms. The Hall–Kier alpha value is -3.49. The molecule has 2 aromatic rings. The van der Waals surface area contributed by atoms with Crippen molar-refractivity contribution in [3.05, 3.63) is 41.5 Å². The lowest BCUT2D eigenvalue weighted by Crippen LogP contribution is -2.33. The molecule has 0 radical (unpaired) electrons. The van der Waals surface area contributed by atoms with Crippen molar-refractivity contribution < 1.29 is 35.9 Å². The molecule has 1 aromatic heterocycles. The average molecular weight is 509 g/mol. The van der Waals surface area contributed by atoms with Gasteiger partial charge in [0.2, 0.25) is 5.91 Å². The molecule has 9 nitrogen and oxygen atoms in total. The number of benzene rings is 1. The Kier molecular flexibility index (Phi) is 9.33. The van der Waals surface area contributed by atoms with Gasteiger partial charge in [-0.05, 0) is 24.1 Å². The van der Waals surface area contributed by atoms with Crippen LogP contribution in [0.5, 0.6) is 0 Å². The van der Waals surface area contributed by atoms with Crippen molar-refractivity contribution in [2.24, 2.45) is 11.6 Å². The van der Waals surface area contributed by atoms with Crippen molar-refractivity contribution in [3.8, 4) is 0 Å². The molecule has 0 unspecified atom stereocenters. The van der Waals surface area contributed by atoms with Gasteiger partial charge in [0.25, 0.3) is 5.91 Å². The molecule has 0 saturated carbocycles. The van der Waals surface area contributed by atoms with Crippen LogP contribution in [0.15, 0.2) is 30.1 Å². The van der Waals surface area contributed by atoms with Gasteiger partial charge in [-0.3, -0.25) is 9.59 Å². The van der Waals surface area contributed by atoms with Crippen LogP contribution in [0.4, 0.5) is 26.3 Å². The fourth-order valence-corrected chi connectivity index (χ4v) is 2.88. The number of nitrogens with one attached hydrogen (secondary N) is 3. The van der Waals surface area contributed by atoms with Crippen molar-refractivity contribution in [1.29, 1.82) is 0 Å². The summed E-state index contributed by atoms with van der Waals surface area (Å²) in [5.41, 5.74) is 7.04. The molecule has 0 saturated heterocycles. The van der Waals surface area contributed by atoms with Crippen LogP contribution in [0.3, 0.4) is 0 Å². The molecular formula is C20H25F6N7O2. The van der Waals surface area contributed by atoms with Gasteiger partial charge < -0.3 is 26.4 Å². The summed E-state index contributed by atoms with van der Waals surface area (Å²) >= 11 is 0. The summed E-state index contributed by atoms with van der Waals surface area (Å²) in [5.74, 6) is 4.46. The monoisotopic (exact) mass is 509 g/mol. The maximum absolute atomic E-state index is 12.2. The third-order valence-corrected chi connectivity index (χ3v) is 4.58. The first-order valence-corrected chi connectivity index (χ1v) is 10.4. The van der Waals surface area contributed by atoms with E-state index in [1.54, 1.807) is 18.2 Å². The fraction of sp³-hybridized carbons (Fsp3) is 0.450. The summed E-state index contributed by atoms with van der Waals surface area (Å²) in [6, 6.07) is 4.93. The minimum atomic E-state index is -4.40. The Morgan fingerprint density at radius 1 is 1.06 bits per heavy atom. The number of aromatic amines is 1. The number of rotatable bonds is 11. The number of amides is 2. The predicted molar refractivity (Wildman–Crippen MR) is 114 cm³/mol. The van der Waals surface area contributed by atoms with Gasteiger partial charge in [-0.15, -0.1) is 0 Å². The Balaban J connectivity index is 1.85. The molecular weight excluding hydrogens is 484 g/mol. The van der Waals surface area contributed by atoms with Gasteiger partial charge in [0.05, 0.1) is 24.0 Å². The van der Waals surface area contributed by atoms with Crippen molar-refractivity contribution >= 4 is 22.8 Å². The van der Waals surface area contributed by atoms with E-state index in [1.807, 2.05) is 0 Å². The maximum atomic E-state index is 12.2. The Morgan fingerprint density at radius 2 is 1.74 bits per heavy atom. The first-order valence-electron chi connectivity index (χ1n) is 10.4. The highest BCUT2D eigenvalue weighted by Gasteiger charge is 2.28. The maximum Gasteiger partial charge on any atom is 0.389 e. The molecule has 194 valence electrons. The number of aromatic nitrogens is 2. The number of halogens is 6. The highest BCUT2D eigenvalue weighted by molar-refractivity contribution is 5.92. The second-order valence-electron chi connectivity index (χ2n) is 7.65. The summed E-state index contributed by atoms with van der Waals surface area (Å²) in [4.78, 5) is 30.9. The van der Waals surface area contributed by atoms with Gasteiger partial charge in [-0.25, -0.2) is 10.8 Å². The third-order valence-electron chi connectivity index (χ3n) is 4.58. The van der Waals surface area contributed by atoms with E-state index >= 15 is 0 Å². The minimum absolute atomic E-state index is 0.0254. The lowest BCUT2D eigenvalue weighted by molar-refractivity contribution is -0.144. The van der Waals surface area contributed by atoms with Crippen molar-refractivity contribution in [2.45, 2.75) is 51.1 Å².